The molecule has 18 heavy (non-hydrogen) atoms. The van der Waals surface area contributed by atoms with E-state index in [9.17, 15) is 9.59 Å². The minimum absolute atomic E-state index is 0.00229. The second-order valence-electron chi connectivity index (χ2n) is 4.72. The topological polar surface area (TPSA) is 65.0 Å². The van der Waals surface area contributed by atoms with E-state index in [1.807, 2.05) is 0 Å². The molecule has 0 heterocycles. The highest BCUT2D eigenvalue weighted by Crippen LogP contribution is 2.25. The van der Waals surface area contributed by atoms with E-state index in [1.54, 1.807) is 6.92 Å². The van der Waals surface area contributed by atoms with Crippen LogP contribution in [0.3, 0.4) is 0 Å². The Labute approximate surface area is 108 Å². The molecule has 5 heteroatoms. The van der Waals surface area contributed by atoms with Crippen LogP contribution in [-0.2, 0) is 19.2 Å². The van der Waals surface area contributed by atoms with E-state index in [0.29, 0.717) is 5.92 Å². The Balaban J connectivity index is 2.59. The second kappa shape index (κ2) is 7.13. The van der Waals surface area contributed by atoms with Crippen LogP contribution in [0.25, 0.3) is 0 Å². The number of oxime groups is 1. The Bertz CT molecular complexity index is 338. The van der Waals surface area contributed by atoms with Crippen LogP contribution in [0.5, 0.6) is 0 Å². The normalized spacial score (nSPS) is 24.5. The van der Waals surface area contributed by atoms with Crippen LogP contribution < -0.4 is 0 Å². The second-order valence-corrected chi connectivity index (χ2v) is 4.72. The quantitative estimate of drug-likeness (QED) is 0.326. The summed E-state index contributed by atoms with van der Waals surface area (Å²) < 4.78 is 4.76. The van der Waals surface area contributed by atoms with Gasteiger partial charge in [-0.15, -0.1) is 0 Å². The first-order valence-corrected chi connectivity index (χ1v) is 6.46. The number of esters is 1. The molecule has 0 aromatic heterocycles. The molecule has 1 rings (SSSR count). The molecular weight excluding hydrogens is 234 g/mol. The summed E-state index contributed by atoms with van der Waals surface area (Å²) in [5.41, 5.74) is -0.255. The van der Waals surface area contributed by atoms with Gasteiger partial charge in [0.15, 0.2) is 5.78 Å². The molecule has 0 aliphatic heterocycles. The molecule has 0 amide bonds. The standard InChI is InChI=1S/C13H21NO4/c1-4-17-13(16)12(10(3)15)14-18-11-7-5-6-9(2)8-11/h9,11H,4-8H2,1-3H3/b14-12+/t9-,11+/m1/s1. The summed E-state index contributed by atoms with van der Waals surface area (Å²) in [6.45, 7) is 5.34. The maximum Gasteiger partial charge on any atom is 0.364 e. The zero-order valence-corrected chi connectivity index (χ0v) is 11.3. The molecular formula is C13H21NO4. The van der Waals surface area contributed by atoms with Crippen LogP contribution >= 0.6 is 0 Å². The van der Waals surface area contributed by atoms with Crippen molar-refractivity contribution in [2.24, 2.45) is 11.1 Å². The van der Waals surface area contributed by atoms with Gasteiger partial charge in [0, 0.05) is 6.92 Å². The third kappa shape index (κ3) is 4.47. The van der Waals surface area contributed by atoms with E-state index in [2.05, 4.69) is 12.1 Å². The first kappa shape index (κ1) is 14.7. The van der Waals surface area contributed by atoms with Crippen molar-refractivity contribution in [1.82, 2.24) is 0 Å². The molecule has 1 fully saturated rings. The van der Waals surface area contributed by atoms with Gasteiger partial charge in [0.2, 0.25) is 5.71 Å². The fourth-order valence-electron chi connectivity index (χ4n) is 2.05. The van der Waals surface area contributed by atoms with Crippen molar-refractivity contribution in [3.63, 3.8) is 0 Å². The maximum absolute atomic E-state index is 11.5. The molecule has 2 atom stereocenters. The fraction of sp³-hybridized carbons (Fsp3) is 0.769. The van der Waals surface area contributed by atoms with E-state index in [1.165, 1.54) is 13.3 Å². The van der Waals surface area contributed by atoms with Gasteiger partial charge in [-0.25, -0.2) is 4.79 Å². The van der Waals surface area contributed by atoms with Gasteiger partial charge in [-0.1, -0.05) is 18.5 Å². The Morgan fingerprint density at radius 3 is 2.61 bits per heavy atom. The van der Waals surface area contributed by atoms with Gasteiger partial charge in [0.05, 0.1) is 6.61 Å². The molecule has 102 valence electrons. The van der Waals surface area contributed by atoms with Crippen molar-refractivity contribution in [3.8, 4) is 0 Å². The van der Waals surface area contributed by atoms with Crippen molar-refractivity contribution in [2.45, 2.75) is 52.6 Å². The van der Waals surface area contributed by atoms with Crippen molar-refractivity contribution < 1.29 is 19.2 Å². The number of nitrogens with zero attached hydrogens (tertiary/aromatic N) is 1. The lowest BCUT2D eigenvalue weighted by atomic mass is 9.89. The largest absolute Gasteiger partial charge is 0.461 e. The highest BCUT2D eigenvalue weighted by Gasteiger charge is 2.23. The van der Waals surface area contributed by atoms with Gasteiger partial charge in [-0.2, -0.15) is 0 Å². The van der Waals surface area contributed by atoms with Crippen LogP contribution in [0.2, 0.25) is 0 Å². The molecule has 0 N–H and O–H groups in total. The number of hydrogen-bond donors (Lipinski definition) is 0. The predicted octanol–water partition coefficient (Wildman–Crippen LogP) is 2.09. The molecule has 0 saturated heterocycles. The highest BCUT2D eigenvalue weighted by atomic mass is 16.6. The SMILES string of the molecule is CCOC(=O)/C(=N/O[C@H]1CCC[C@@H](C)C1)C(C)=O. The predicted molar refractivity (Wildman–Crippen MR) is 67.3 cm³/mol. The lowest BCUT2D eigenvalue weighted by Crippen LogP contribution is -2.27. The average Bonchev–Trinajstić information content (AvgIpc) is 2.29. The number of carbonyl (C=O) groups is 2. The van der Waals surface area contributed by atoms with Crippen molar-refractivity contribution in [1.29, 1.82) is 0 Å². The zero-order valence-electron chi connectivity index (χ0n) is 11.3. The number of hydrogen-bond acceptors (Lipinski definition) is 5. The molecule has 0 aromatic rings. The molecule has 0 radical (unpaired) electrons. The van der Waals surface area contributed by atoms with Crippen LogP contribution in [0.15, 0.2) is 5.16 Å². The maximum atomic E-state index is 11.5. The molecule has 0 aromatic carbocycles. The van der Waals surface area contributed by atoms with E-state index in [4.69, 9.17) is 9.57 Å². The summed E-state index contributed by atoms with van der Waals surface area (Å²) in [6.07, 6.45) is 4.12. The van der Waals surface area contributed by atoms with Gasteiger partial charge >= 0.3 is 5.97 Å². The fourth-order valence-corrected chi connectivity index (χ4v) is 2.05. The molecule has 1 aliphatic rings. The summed E-state index contributed by atoms with van der Waals surface area (Å²) in [7, 11) is 0. The Morgan fingerprint density at radius 1 is 1.33 bits per heavy atom. The monoisotopic (exact) mass is 255 g/mol. The van der Waals surface area contributed by atoms with Crippen LogP contribution in [0, 0.1) is 5.92 Å². The Kier molecular flexibility index (Phi) is 5.82. The minimum Gasteiger partial charge on any atom is -0.461 e. The van der Waals surface area contributed by atoms with Gasteiger partial charge in [-0.3, -0.25) is 4.79 Å². The van der Waals surface area contributed by atoms with Gasteiger partial charge < -0.3 is 9.57 Å². The third-order valence-corrected chi connectivity index (χ3v) is 2.98. The Morgan fingerprint density at radius 2 is 2.06 bits per heavy atom. The smallest absolute Gasteiger partial charge is 0.364 e. The van der Waals surface area contributed by atoms with Crippen LogP contribution in [0.4, 0.5) is 0 Å². The summed E-state index contributed by atoms with van der Waals surface area (Å²) in [6, 6.07) is 0. The number of rotatable bonds is 5. The molecule has 1 aliphatic carbocycles. The summed E-state index contributed by atoms with van der Waals surface area (Å²) in [5.74, 6) is -0.548. The lowest BCUT2D eigenvalue weighted by molar-refractivity contribution is -0.136. The number of ketones is 1. The first-order valence-electron chi connectivity index (χ1n) is 6.46. The summed E-state index contributed by atoms with van der Waals surface area (Å²) >= 11 is 0. The van der Waals surface area contributed by atoms with E-state index >= 15 is 0 Å². The number of ether oxygens (including phenoxy) is 1. The molecule has 0 unspecified atom stereocenters. The van der Waals surface area contributed by atoms with E-state index in [-0.39, 0.29) is 18.4 Å². The minimum atomic E-state index is -0.714. The average molecular weight is 255 g/mol. The first-order chi connectivity index (χ1) is 8.54. The van der Waals surface area contributed by atoms with Crippen molar-refractivity contribution in [2.75, 3.05) is 6.61 Å². The van der Waals surface area contributed by atoms with Crippen molar-refractivity contribution >= 4 is 17.5 Å². The molecule has 5 nitrogen and oxygen atoms in total. The lowest BCUT2D eigenvalue weighted by Gasteiger charge is -2.24. The number of carbonyl (C=O) groups excluding carboxylic acids is 2. The third-order valence-electron chi connectivity index (χ3n) is 2.98. The Hall–Kier alpha value is -1.39. The zero-order chi connectivity index (χ0) is 13.5. The van der Waals surface area contributed by atoms with E-state index < -0.39 is 11.8 Å². The van der Waals surface area contributed by atoms with E-state index in [0.717, 1.165) is 19.3 Å². The summed E-state index contributed by atoms with van der Waals surface area (Å²) in [5, 5.41) is 3.69. The molecule has 0 bridgehead atoms. The van der Waals surface area contributed by atoms with Gasteiger partial charge in [-0.05, 0) is 32.1 Å². The van der Waals surface area contributed by atoms with Crippen LogP contribution in [0.1, 0.15) is 46.5 Å². The summed E-state index contributed by atoms with van der Waals surface area (Å²) in [4.78, 5) is 28.1. The van der Waals surface area contributed by atoms with Gasteiger partial charge in [0.25, 0.3) is 0 Å². The van der Waals surface area contributed by atoms with Crippen molar-refractivity contribution in [3.05, 3.63) is 0 Å². The van der Waals surface area contributed by atoms with Gasteiger partial charge in [0.1, 0.15) is 6.10 Å². The highest BCUT2D eigenvalue weighted by molar-refractivity contribution is 6.63. The van der Waals surface area contributed by atoms with Crippen LogP contribution in [-0.4, -0.2) is 30.2 Å². The number of Topliss-reactive ketones (excluding diaryl/α,β-unsaturated/α-hetero) is 1. The molecule has 1 saturated carbocycles. The molecule has 0 spiro atoms.